The Balaban J connectivity index is 0.00000289. The SMILES string of the molecule is C.CN[C@H]1C[C@@H](C(N)=O)N(C(=O)/C=C/C(C)=O)C1. The van der Waals surface area contributed by atoms with E-state index in [-0.39, 0.29) is 25.2 Å². The summed E-state index contributed by atoms with van der Waals surface area (Å²) in [4.78, 5) is 35.1. The maximum Gasteiger partial charge on any atom is 0.247 e. The summed E-state index contributed by atoms with van der Waals surface area (Å²) in [6.45, 7) is 1.78. The van der Waals surface area contributed by atoms with Crippen LogP contribution in [0.4, 0.5) is 0 Å². The zero-order valence-electron chi connectivity index (χ0n) is 9.97. The minimum atomic E-state index is -0.600. The lowest BCUT2D eigenvalue weighted by Crippen LogP contribution is -2.43. The first-order valence-electron chi connectivity index (χ1n) is 5.41. The fourth-order valence-electron chi connectivity index (χ4n) is 1.84. The number of carbonyl (C=O) groups is 3. The largest absolute Gasteiger partial charge is 0.368 e. The lowest BCUT2D eigenvalue weighted by molar-refractivity contribution is -0.133. The van der Waals surface area contributed by atoms with Crippen LogP contribution in [0.3, 0.4) is 0 Å². The number of likely N-dealkylation sites (tertiary alicyclic amines) is 1. The fourth-order valence-corrected chi connectivity index (χ4v) is 1.84. The Hall–Kier alpha value is -1.69. The van der Waals surface area contributed by atoms with Crippen LogP contribution in [0, 0.1) is 0 Å². The molecule has 1 rings (SSSR count). The average molecular weight is 255 g/mol. The fraction of sp³-hybridized carbons (Fsp3) is 0.583. The highest BCUT2D eigenvalue weighted by atomic mass is 16.2. The highest BCUT2D eigenvalue weighted by molar-refractivity contribution is 5.98. The molecule has 0 aromatic rings. The zero-order chi connectivity index (χ0) is 13.0. The number of nitrogens with zero attached hydrogens (tertiary/aromatic N) is 1. The molecular weight excluding hydrogens is 234 g/mol. The molecule has 6 heteroatoms. The predicted octanol–water partition coefficient (Wildman–Crippen LogP) is -0.558. The van der Waals surface area contributed by atoms with Gasteiger partial charge in [0.1, 0.15) is 6.04 Å². The van der Waals surface area contributed by atoms with E-state index < -0.39 is 11.9 Å². The van der Waals surface area contributed by atoms with Gasteiger partial charge in [0.05, 0.1) is 0 Å². The monoisotopic (exact) mass is 255 g/mol. The van der Waals surface area contributed by atoms with E-state index in [9.17, 15) is 14.4 Å². The number of rotatable bonds is 4. The van der Waals surface area contributed by atoms with Gasteiger partial charge in [-0.15, -0.1) is 0 Å². The number of allylic oxidation sites excluding steroid dienone is 1. The van der Waals surface area contributed by atoms with E-state index in [4.69, 9.17) is 5.73 Å². The molecule has 1 heterocycles. The number of nitrogens with one attached hydrogen (secondary N) is 1. The van der Waals surface area contributed by atoms with E-state index >= 15 is 0 Å². The molecule has 0 aromatic carbocycles. The second-order valence-corrected chi connectivity index (χ2v) is 4.07. The van der Waals surface area contributed by atoms with E-state index in [1.807, 2.05) is 0 Å². The lowest BCUT2D eigenvalue weighted by atomic mass is 10.1. The normalized spacial score (nSPS) is 22.9. The average Bonchev–Trinajstić information content (AvgIpc) is 2.69. The summed E-state index contributed by atoms with van der Waals surface area (Å²) in [6, 6.07) is -0.543. The van der Waals surface area contributed by atoms with Gasteiger partial charge in [-0.2, -0.15) is 0 Å². The molecule has 0 aromatic heterocycles. The predicted molar refractivity (Wildman–Crippen MR) is 68.7 cm³/mol. The Morgan fingerprint density at radius 3 is 2.39 bits per heavy atom. The molecule has 1 aliphatic heterocycles. The summed E-state index contributed by atoms with van der Waals surface area (Å²) < 4.78 is 0. The number of hydrogen-bond acceptors (Lipinski definition) is 4. The van der Waals surface area contributed by atoms with Crippen molar-refractivity contribution in [2.45, 2.75) is 32.9 Å². The topological polar surface area (TPSA) is 92.5 Å². The van der Waals surface area contributed by atoms with Crippen LogP contribution >= 0.6 is 0 Å². The quantitative estimate of drug-likeness (QED) is 0.659. The van der Waals surface area contributed by atoms with Gasteiger partial charge in [0.15, 0.2) is 5.78 Å². The van der Waals surface area contributed by atoms with Gasteiger partial charge in [-0.3, -0.25) is 14.4 Å². The van der Waals surface area contributed by atoms with Crippen molar-refractivity contribution in [2.75, 3.05) is 13.6 Å². The van der Waals surface area contributed by atoms with Crippen molar-refractivity contribution in [3.63, 3.8) is 0 Å². The van der Waals surface area contributed by atoms with E-state index in [0.717, 1.165) is 0 Å². The second-order valence-electron chi connectivity index (χ2n) is 4.07. The molecular formula is C12H21N3O3. The van der Waals surface area contributed by atoms with Crippen molar-refractivity contribution in [2.24, 2.45) is 5.73 Å². The molecule has 2 amide bonds. The molecule has 0 unspecified atom stereocenters. The lowest BCUT2D eigenvalue weighted by Gasteiger charge is -2.20. The van der Waals surface area contributed by atoms with Crippen LogP contribution in [0.15, 0.2) is 12.2 Å². The highest BCUT2D eigenvalue weighted by Gasteiger charge is 2.36. The number of ketones is 1. The van der Waals surface area contributed by atoms with E-state index in [2.05, 4.69) is 5.32 Å². The maximum atomic E-state index is 11.8. The zero-order valence-corrected chi connectivity index (χ0v) is 9.97. The summed E-state index contributed by atoms with van der Waals surface area (Å²) in [5.74, 6) is -1.09. The molecule has 0 bridgehead atoms. The Labute approximate surface area is 107 Å². The van der Waals surface area contributed by atoms with Crippen LogP contribution in [0.25, 0.3) is 0 Å². The molecule has 0 spiro atoms. The molecule has 18 heavy (non-hydrogen) atoms. The maximum absolute atomic E-state index is 11.8. The third-order valence-electron chi connectivity index (χ3n) is 2.78. The van der Waals surface area contributed by atoms with Crippen LogP contribution in [0.1, 0.15) is 20.8 Å². The molecule has 0 saturated carbocycles. The van der Waals surface area contributed by atoms with Crippen molar-refractivity contribution in [1.29, 1.82) is 0 Å². The molecule has 0 radical (unpaired) electrons. The number of hydrogen-bond donors (Lipinski definition) is 2. The first kappa shape index (κ1) is 16.3. The second kappa shape index (κ2) is 6.90. The van der Waals surface area contributed by atoms with Crippen molar-refractivity contribution in [3.05, 3.63) is 12.2 Å². The number of nitrogens with two attached hydrogens (primary N) is 1. The van der Waals surface area contributed by atoms with Crippen LogP contribution in [-0.2, 0) is 14.4 Å². The van der Waals surface area contributed by atoms with Gasteiger partial charge in [-0.1, -0.05) is 7.43 Å². The van der Waals surface area contributed by atoms with Crippen molar-refractivity contribution in [3.8, 4) is 0 Å². The van der Waals surface area contributed by atoms with Gasteiger partial charge in [0.25, 0.3) is 0 Å². The number of likely N-dealkylation sites (N-methyl/N-ethyl adjacent to an activating group) is 1. The summed E-state index contributed by atoms with van der Waals surface area (Å²) in [6.07, 6.45) is 2.87. The molecule has 102 valence electrons. The highest BCUT2D eigenvalue weighted by Crippen LogP contribution is 2.17. The van der Waals surface area contributed by atoms with Crippen LogP contribution in [-0.4, -0.2) is 48.2 Å². The van der Waals surface area contributed by atoms with E-state index in [0.29, 0.717) is 13.0 Å². The standard InChI is InChI=1S/C11H17N3O3.CH4/c1-7(15)3-4-10(16)14-6-8(13-2)5-9(14)11(12)17;/h3-4,8-9,13H,5-6H2,1-2H3,(H2,12,17);1H4/b4-3+;/t8-,9-;/m0./s1. The summed E-state index contributed by atoms with van der Waals surface area (Å²) in [5, 5.41) is 3.01. The third-order valence-corrected chi connectivity index (χ3v) is 2.78. The minimum Gasteiger partial charge on any atom is -0.368 e. The van der Waals surface area contributed by atoms with Crippen LogP contribution in [0.5, 0.6) is 0 Å². The molecule has 2 atom stereocenters. The molecule has 1 fully saturated rings. The van der Waals surface area contributed by atoms with Crippen LogP contribution in [0.2, 0.25) is 0 Å². The smallest absolute Gasteiger partial charge is 0.247 e. The van der Waals surface area contributed by atoms with Gasteiger partial charge in [0.2, 0.25) is 11.8 Å². The Bertz CT molecular complexity index is 366. The summed E-state index contributed by atoms with van der Waals surface area (Å²) in [7, 11) is 1.77. The number of carbonyl (C=O) groups excluding carboxylic acids is 3. The Morgan fingerprint density at radius 1 is 1.33 bits per heavy atom. The van der Waals surface area contributed by atoms with Gasteiger partial charge in [0, 0.05) is 18.7 Å². The van der Waals surface area contributed by atoms with E-state index in [1.165, 1.54) is 24.0 Å². The van der Waals surface area contributed by atoms with Crippen LogP contribution < -0.4 is 11.1 Å². The van der Waals surface area contributed by atoms with E-state index in [1.54, 1.807) is 7.05 Å². The van der Waals surface area contributed by atoms with Gasteiger partial charge >= 0.3 is 0 Å². The van der Waals surface area contributed by atoms with Gasteiger partial charge in [-0.25, -0.2) is 0 Å². The molecule has 6 nitrogen and oxygen atoms in total. The number of amides is 2. The molecule has 1 aliphatic rings. The summed E-state index contributed by atoms with van der Waals surface area (Å²) >= 11 is 0. The van der Waals surface area contributed by atoms with Crippen molar-refractivity contribution >= 4 is 17.6 Å². The van der Waals surface area contributed by atoms with Crippen molar-refractivity contribution < 1.29 is 14.4 Å². The minimum absolute atomic E-state index is 0. The first-order chi connectivity index (χ1) is 7.95. The molecule has 3 N–H and O–H groups in total. The molecule has 1 saturated heterocycles. The van der Waals surface area contributed by atoms with Crippen molar-refractivity contribution in [1.82, 2.24) is 10.2 Å². The molecule has 0 aliphatic carbocycles. The Morgan fingerprint density at radius 2 is 1.94 bits per heavy atom. The third kappa shape index (κ3) is 3.96. The van der Waals surface area contributed by atoms with Gasteiger partial charge < -0.3 is 16.0 Å². The Kier molecular flexibility index (Phi) is 6.26. The summed E-state index contributed by atoms with van der Waals surface area (Å²) in [5.41, 5.74) is 5.25. The first-order valence-corrected chi connectivity index (χ1v) is 5.41. The number of primary amides is 1. The van der Waals surface area contributed by atoms with Gasteiger partial charge in [-0.05, 0) is 26.5 Å².